The third kappa shape index (κ3) is 5.68. The molecule has 122 valence electrons. The highest BCUT2D eigenvalue weighted by Gasteiger charge is 2.27. The highest BCUT2D eigenvalue weighted by Crippen LogP contribution is 2.15. The van der Waals surface area contributed by atoms with Gasteiger partial charge in [0.1, 0.15) is 6.04 Å². The second-order valence-corrected chi connectivity index (χ2v) is 6.85. The fourth-order valence-corrected chi connectivity index (χ4v) is 2.17. The minimum Gasteiger partial charge on any atom is -0.350 e. The second-order valence-electron chi connectivity index (χ2n) is 6.42. The summed E-state index contributed by atoms with van der Waals surface area (Å²) in [7, 11) is 0. The van der Waals surface area contributed by atoms with Gasteiger partial charge in [0, 0.05) is 23.5 Å². The quantitative estimate of drug-likeness (QED) is 0.902. The van der Waals surface area contributed by atoms with Crippen LogP contribution in [0, 0.1) is 0 Å². The van der Waals surface area contributed by atoms with Crippen LogP contribution in [0.5, 0.6) is 0 Å². The van der Waals surface area contributed by atoms with Crippen LogP contribution >= 0.6 is 11.6 Å². The number of carbonyl (C=O) groups is 2. The van der Waals surface area contributed by atoms with Crippen LogP contribution in [-0.2, 0) is 16.1 Å². The molecule has 1 aromatic rings. The van der Waals surface area contributed by atoms with E-state index in [1.807, 2.05) is 32.9 Å². The molecule has 0 saturated heterocycles. The third-order valence-electron chi connectivity index (χ3n) is 3.23. The van der Waals surface area contributed by atoms with Crippen molar-refractivity contribution >= 4 is 23.4 Å². The molecule has 0 saturated carbocycles. The summed E-state index contributed by atoms with van der Waals surface area (Å²) in [4.78, 5) is 26.2. The van der Waals surface area contributed by atoms with Crippen molar-refractivity contribution in [3.05, 3.63) is 34.9 Å². The summed E-state index contributed by atoms with van der Waals surface area (Å²) < 4.78 is 0. The van der Waals surface area contributed by atoms with E-state index in [1.165, 1.54) is 0 Å². The van der Waals surface area contributed by atoms with Gasteiger partial charge in [0.05, 0.1) is 0 Å². The predicted molar refractivity (Wildman–Crippen MR) is 89.7 cm³/mol. The Labute approximate surface area is 137 Å². The van der Waals surface area contributed by atoms with E-state index in [2.05, 4.69) is 5.32 Å². The maximum atomic E-state index is 12.3. The lowest BCUT2D eigenvalue weighted by atomic mass is 10.1. The molecule has 0 aromatic heterocycles. The van der Waals surface area contributed by atoms with Gasteiger partial charge in [-0.3, -0.25) is 9.59 Å². The van der Waals surface area contributed by atoms with Crippen LogP contribution in [0.15, 0.2) is 24.3 Å². The molecule has 0 unspecified atom stereocenters. The Morgan fingerprint density at radius 1 is 1.23 bits per heavy atom. The molecule has 0 aliphatic carbocycles. The number of nitrogens with zero attached hydrogens (tertiary/aromatic N) is 1. The second kappa shape index (κ2) is 7.63. The van der Waals surface area contributed by atoms with Crippen molar-refractivity contribution < 1.29 is 9.59 Å². The minimum atomic E-state index is -0.526. The molecule has 4 nitrogen and oxygen atoms in total. The average molecular weight is 325 g/mol. The first-order valence-corrected chi connectivity index (χ1v) is 7.87. The van der Waals surface area contributed by atoms with Crippen LogP contribution in [0.25, 0.3) is 0 Å². The van der Waals surface area contributed by atoms with E-state index >= 15 is 0 Å². The van der Waals surface area contributed by atoms with Crippen LogP contribution in [0.3, 0.4) is 0 Å². The maximum absolute atomic E-state index is 12.3. The largest absolute Gasteiger partial charge is 0.350 e. The van der Waals surface area contributed by atoms with Gasteiger partial charge in [0.25, 0.3) is 0 Å². The highest BCUT2D eigenvalue weighted by atomic mass is 35.5. The molecule has 1 aromatic carbocycles. The highest BCUT2D eigenvalue weighted by molar-refractivity contribution is 6.30. The van der Waals surface area contributed by atoms with Crippen molar-refractivity contribution in [2.24, 2.45) is 0 Å². The van der Waals surface area contributed by atoms with Gasteiger partial charge in [0.2, 0.25) is 11.8 Å². The monoisotopic (exact) mass is 324 g/mol. The summed E-state index contributed by atoms with van der Waals surface area (Å²) in [6.07, 6.45) is 0.362. The normalized spacial score (nSPS) is 12.6. The fraction of sp³-hybridized carbons (Fsp3) is 0.529. The molecule has 22 heavy (non-hydrogen) atoms. The summed E-state index contributed by atoms with van der Waals surface area (Å²) in [6.45, 7) is 9.70. The molecule has 2 amide bonds. The topological polar surface area (TPSA) is 49.4 Å². The first-order valence-electron chi connectivity index (χ1n) is 7.50. The van der Waals surface area contributed by atoms with Crippen molar-refractivity contribution in [2.45, 2.75) is 59.2 Å². The zero-order chi connectivity index (χ0) is 16.9. The van der Waals surface area contributed by atoms with E-state index in [0.29, 0.717) is 18.0 Å². The molecular formula is C17H25ClN2O2. The summed E-state index contributed by atoms with van der Waals surface area (Å²) in [5.41, 5.74) is 0.619. The standard InChI is InChI=1S/C17H25ClN2O2/c1-6-15(21)20(11-13-7-9-14(18)10-8-13)12(2)16(22)19-17(3,4)5/h7-10,12H,6,11H2,1-5H3,(H,19,22)/t12-/m0/s1. The first kappa shape index (κ1) is 18.5. The van der Waals surface area contributed by atoms with E-state index in [1.54, 1.807) is 30.9 Å². The first-order chi connectivity index (χ1) is 10.1. The molecule has 1 atom stereocenters. The smallest absolute Gasteiger partial charge is 0.242 e. The third-order valence-corrected chi connectivity index (χ3v) is 3.49. The van der Waals surface area contributed by atoms with Crippen LogP contribution in [0.4, 0.5) is 0 Å². The molecule has 0 heterocycles. The zero-order valence-corrected chi connectivity index (χ0v) is 14.7. The lowest BCUT2D eigenvalue weighted by molar-refractivity contribution is -0.141. The molecule has 0 bridgehead atoms. The number of halogens is 1. The van der Waals surface area contributed by atoms with Crippen molar-refractivity contribution in [3.8, 4) is 0 Å². The number of benzene rings is 1. The molecule has 0 aliphatic heterocycles. The zero-order valence-electron chi connectivity index (χ0n) is 13.9. The van der Waals surface area contributed by atoms with E-state index in [4.69, 9.17) is 11.6 Å². The summed E-state index contributed by atoms with van der Waals surface area (Å²) >= 11 is 5.88. The summed E-state index contributed by atoms with van der Waals surface area (Å²) in [5.74, 6) is -0.199. The Morgan fingerprint density at radius 2 is 1.77 bits per heavy atom. The lowest BCUT2D eigenvalue weighted by Gasteiger charge is -2.31. The molecule has 1 rings (SSSR count). The van der Waals surface area contributed by atoms with Crippen LogP contribution in [0.2, 0.25) is 5.02 Å². The van der Waals surface area contributed by atoms with Gasteiger partial charge < -0.3 is 10.2 Å². The fourth-order valence-electron chi connectivity index (χ4n) is 2.05. The number of hydrogen-bond donors (Lipinski definition) is 1. The summed E-state index contributed by atoms with van der Waals surface area (Å²) in [6, 6.07) is 6.78. The minimum absolute atomic E-state index is 0.0495. The Hall–Kier alpha value is -1.55. The number of nitrogens with one attached hydrogen (secondary N) is 1. The molecule has 0 spiro atoms. The lowest BCUT2D eigenvalue weighted by Crippen LogP contribution is -2.52. The van der Waals surface area contributed by atoms with Gasteiger partial charge in [-0.05, 0) is 45.4 Å². The number of amides is 2. The molecule has 1 N–H and O–H groups in total. The average Bonchev–Trinajstić information content (AvgIpc) is 2.43. The van der Waals surface area contributed by atoms with Crippen LogP contribution in [-0.4, -0.2) is 28.3 Å². The molecule has 0 fully saturated rings. The number of hydrogen-bond acceptors (Lipinski definition) is 2. The molecular weight excluding hydrogens is 300 g/mol. The Kier molecular flexibility index (Phi) is 6.42. The van der Waals surface area contributed by atoms with Gasteiger partial charge >= 0.3 is 0 Å². The Morgan fingerprint density at radius 3 is 2.23 bits per heavy atom. The SMILES string of the molecule is CCC(=O)N(Cc1ccc(Cl)cc1)[C@@H](C)C(=O)NC(C)(C)C. The van der Waals surface area contributed by atoms with Crippen LogP contribution < -0.4 is 5.32 Å². The van der Waals surface area contributed by atoms with Gasteiger partial charge in [-0.1, -0.05) is 30.7 Å². The van der Waals surface area contributed by atoms with Gasteiger partial charge in [-0.15, -0.1) is 0 Å². The number of rotatable bonds is 5. The summed E-state index contributed by atoms with van der Waals surface area (Å²) in [5, 5.41) is 3.57. The Bertz CT molecular complexity index is 520. The predicted octanol–water partition coefficient (Wildman–Crippen LogP) is 3.38. The molecule has 5 heteroatoms. The molecule has 0 aliphatic rings. The van der Waals surface area contributed by atoms with E-state index in [-0.39, 0.29) is 17.4 Å². The van der Waals surface area contributed by atoms with E-state index in [9.17, 15) is 9.59 Å². The Balaban J connectivity index is 2.90. The maximum Gasteiger partial charge on any atom is 0.242 e. The van der Waals surface area contributed by atoms with Crippen LogP contribution in [0.1, 0.15) is 46.6 Å². The van der Waals surface area contributed by atoms with Crippen molar-refractivity contribution in [1.82, 2.24) is 10.2 Å². The number of carbonyl (C=O) groups excluding carboxylic acids is 2. The van der Waals surface area contributed by atoms with Gasteiger partial charge in [-0.2, -0.15) is 0 Å². The van der Waals surface area contributed by atoms with E-state index < -0.39 is 6.04 Å². The van der Waals surface area contributed by atoms with Gasteiger partial charge in [0.15, 0.2) is 0 Å². The van der Waals surface area contributed by atoms with Gasteiger partial charge in [-0.25, -0.2) is 0 Å². The molecule has 0 radical (unpaired) electrons. The van der Waals surface area contributed by atoms with Crippen molar-refractivity contribution in [1.29, 1.82) is 0 Å². The van der Waals surface area contributed by atoms with Crippen molar-refractivity contribution in [3.63, 3.8) is 0 Å². The van der Waals surface area contributed by atoms with Crippen molar-refractivity contribution in [2.75, 3.05) is 0 Å². The van der Waals surface area contributed by atoms with E-state index in [0.717, 1.165) is 5.56 Å².